The standard InChI is InChI=1S/C36H44N4O3/c1-4-39(5-2)22-23-43-31-15-10-28(11-16-31)25-40(21-20-30-26-38(3)34-9-7-6-8-32(30)34)35-18-14-29-24-27(12-17-33(29)35)13-19-36(41)37-42/h6-13,15-17,19,24,26,35,42H,4-5,14,18,20-23,25H2,1-3H3,(H,37,41). The number of likely N-dealkylation sites (N-methyl/N-ethyl adjacent to an activating group) is 1. The summed E-state index contributed by atoms with van der Waals surface area (Å²) in [5.41, 5.74) is 9.21. The molecule has 0 fully saturated rings. The summed E-state index contributed by atoms with van der Waals surface area (Å²) < 4.78 is 8.27. The molecule has 1 amide bonds. The van der Waals surface area contributed by atoms with Crippen molar-refractivity contribution in [3.8, 4) is 5.75 Å². The highest BCUT2D eigenvalue weighted by atomic mass is 16.5. The average Bonchev–Trinajstić information content (AvgIpc) is 3.61. The Balaban J connectivity index is 1.33. The molecule has 1 heterocycles. The molecule has 1 aromatic heterocycles. The summed E-state index contributed by atoms with van der Waals surface area (Å²) in [5, 5.41) is 10.1. The van der Waals surface area contributed by atoms with Crippen LogP contribution in [0.25, 0.3) is 17.0 Å². The van der Waals surface area contributed by atoms with Gasteiger partial charge in [-0.05, 0) is 84.4 Å². The van der Waals surface area contributed by atoms with Crippen molar-refractivity contribution in [3.05, 3.63) is 107 Å². The number of nitrogens with zero attached hydrogens (tertiary/aromatic N) is 3. The monoisotopic (exact) mass is 580 g/mol. The van der Waals surface area contributed by atoms with Gasteiger partial charge in [0.1, 0.15) is 12.4 Å². The van der Waals surface area contributed by atoms with Crippen LogP contribution in [-0.2, 0) is 31.2 Å². The van der Waals surface area contributed by atoms with Crippen LogP contribution >= 0.6 is 0 Å². The first-order valence-electron chi connectivity index (χ1n) is 15.4. The van der Waals surface area contributed by atoms with E-state index in [0.717, 1.165) is 63.3 Å². The van der Waals surface area contributed by atoms with Gasteiger partial charge in [0.25, 0.3) is 5.91 Å². The fourth-order valence-corrected chi connectivity index (χ4v) is 6.30. The summed E-state index contributed by atoms with van der Waals surface area (Å²) in [7, 11) is 2.12. The summed E-state index contributed by atoms with van der Waals surface area (Å²) >= 11 is 0. The number of ether oxygens (including phenoxy) is 1. The van der Waals surface area contributed by atoms with Crippen molar-refractivity contribution in [2.24, 2.45) is 7.05 Å². The van der Waals surface area contributed by atoms with Gasteiger partial charge in [0, 0.05) is 55.9 Å². The van der Waals surface area contributed by atoms with Crippen LogP contribution in [0.1, 0.15) is 54.1 Å². The molecule has 1 unspecified atom stereocenters. The molecule has 0 spiro atoms. The highest BCUT2D eigenvalue weighted by Crippen LogP contribution is 2.38. The summed E-state index contributed by atoms with van der Waals surface area (Å²) in [6, 6.07) is 24.0. The Labute approximate surface area is 255 Å². The van der Waals surface area contributed by atoms with Crippen LogP contribution < -0.4 is 10.2 Å². The first kappa shape index (κ1) is 30.5. The minimum absolute atomic E-state index is 0.314. The molecule has 3 aromatic carbocycles. The van der Waals surface area contributed by atoms with Gasteiger partial charge >= 0.3 is 0 Å². The Bertz CT molecular complexity index is 1540. The van der Waals surface area contributed by atoms with Crippen molar-refractivity contribution in [2.75, 3.05) is 32.8 Å². The molecule has 1 atom stereocenters. The molecule has 1 aliphatic carbocycles. The fraction of sp³-hybridized carbons (Fsp3) is 0.361. The van der Waals surface area contributed by atoms with Gasteiger partial charge in [-0.2, -0.15) is 0 Å². The molecule has 0 bridgehead atoms. The van der Waals surface area contributed by atoms with Crippen molar-refractivity contribution in [2.45, 2.75) is 45.7 Å². The number of para-hydroxylation sites is 1. The van der Waals surface area contributed by atoms with E-state index in [-0.39, 0.29) is 0 Å². The minimum Gasteiger partial charge on any atom is -0.492 e. The zero-order valence-electron chi connectivity index (χ0n) is 25.6. The molecule has 0 saturated carbocycles. The first-order chi connectivity index (χ1) is 21.0. The number of carbonyl (C=O) groups excluding carboxylic acids is 1. The van der Waals surface area contributed by atoms with Gasteiger partial charge in [0.05, 0.1) is 0 Å². The smallest absolute Gasteiger partial charge is 0.267 e. The van der Waals surface area contributed by atoms with Crippen LogP contribution in [0.3, 0.4) is 0 Å². The normalized spacial score (nSPS) is 14.7. The van der Waals surface area contributed by atoms with Gasteiger partial charge in [0.2, 0.25) is 0 Å². The number of aromatic nitrogens is 1. The van der Waals surface area contributed by atoms with Gasteiger partial charge in [-0.25, -0.2) is 5.48 Å². The molecule has 0 aliphatic heterocycles. The summed E-state index contributed by atoms with van der Waals surface area (Å²) in [4.78, 5) is 16.5. The molecule has 0 saturated heterocycles. The topological polar surface area (TPSA) is 70.0 Å². The number of fused-ring (bicyclic) bond motifs is 2. The van der Waals surface area contributed by atoms with Gasteiger partial charge in [0.15, 0.2) is 0 Å². The van der Waals surface area contributed by atoms with E-state index >= 15 is 0 Å². The third-order valence-electron chi connectivity index (χ3n) is 8.72. The van der Waals surface area contributed by atoms with Crippen molar-refractivity contribution in [1.29, 1.82) is 0 Å². The number of hydrogen-bond acceptors (Lipinski definition) is 5. The highest BCUT2D eigenvalue weighted by Gasteiger charge is 2.28. The van der Waals surface area contributed by atoms with E-state index in [2.05, 4.69) is 108 Å². The van der Waals surface area contributed by atoms with Crippen molar-refractivity contribution >= 4 is 22.9 Å². The second-order valence-electron chi connectivity index (χ2n) is 11.3. The number of aryl methyl sites for hydroxylation is 2. The summed E-state index contributed by atoms with van der Waals surface area (Å²) in [6.45, 7) is 9.87. The molecule has 7 heteroatoms. The van der Waals surface area contributed by atoms with Crippen molar-refractivity contribution in [3.63, 3.8) is 0 Å². The maximum Gasteiger partial charge on any atom is 0.267 e. The molecule has 2 N–H and O–H groups in total. The van der Waals surface area contributed by atoms with Gasteiger partial charge < -0.3 is 14.2 Å². The molecule has 226 valence electrons. The molecule has 7 nitrogen and oxygen atoms in total. The Kier molecular flexibility index (Phi) is 10.3. The lowest BCUT2D eigenvalue weighted by atomic mass is 10.0. The largest absolute Gasteiger partial charge is 0.492 e. The van der Waals surface area contributed by atoms with Gasteiger partial charge in [-0.3, -0.25) is 14.9 Å². The number of hydrogen-bond donors (Lipinski definition) is 2. The fourth-order valence-electron chi connectivity index (χ4n) is 6.30. The third kappa shape index (κ3) is 7.54. The Morgan fingerprint density at radius 1 is 1.07 bits per heavy atom. The molecule has 5 rings (SSSR count). The Hall–Kier alpha value is -3.91. The SMILES string of the molecule is CCN(CC)CCOc1ccc(CN(CCc2cn(C)c3ccccc23)C2CCc3cc(C=CC(=O)NO)ccc32)cc1. The number of nitrogens with one attached hydrogen (secondary N) is 1. The second-order valence-corrected chi connectivity index (χ2v) is 11.3. The lowest BCUT2D eigenvalue weighted by molar-refractivity contribution is -0.124. The minimum atomic E-state index is -0.529. The van der Waals surface area contributed by atoms with Crippen LogP contribution in [0.15, 0.2) is 79.0 Å². The molecule has 43 heavy (non-hydrogen) atoms. The number of amides is 1. The Morgan fingerprint density at radius 2 is 1.86 bits per heavy atom. The second kappa shape index (κ2) is 14.5. The lowest BCUT2D eigenvalue weighted by Crippen LogP contribution is -2.29. The van der Waals surface area contributed by atoms with Crippen LogP contribution in [0.5, 0.6) is 5.75 Å². The van der Waals surface area contributed by atoms with E-state index in [1.54, 1.807) is 11.6 Å². The predicted octanol–water partition coefficient (Wildman–Crippen LogP) is 6.15. The van der Waals surface area contributed by atoms with Crippen molar-refractivity contribution < 1.29 is 14.7 Å². The van der Waals surface area contributed by atoms with E-state index in [1.807, 2.05) is 0 Å². The van der Waals surface area contributed by atoms with Crippen LogP contribution in [0, 0.1) is 0 Å². The zero-order chi connectivity index (χ0) is 30.2. The van der Waals surface area contributed by atoms with Gasteiger partial charge in [-0.15, -0.1) is 0 Å². The average molecular weight is 581 g/mol. The van der Waals surface area contributed by atoms with Gasteiger partial charge in [-0.1, -0.05) is 62.4 Å². The van der Waals surface area contributed by atoms with E-state index in [9.17, 15) is 4.79 Å². The van der Waals surface area contributed by atoms with Crippen LogP contribution in [0.4, 0.5) is 0 Å². The molecule has 1 aliphatic rings. The molecule has 4 aromatic rings. The van der Waals surface area contributed by atoms with E-state index < -0.39 is 5.91 Å². The Morgan fingerprint density at radius 3 is 2.63 bits per heavy atom. The van der Waals surface area contributed by atoms with E-state index in [1.165, 1.54) is 39.2 Å². The zero-order valence-corrected chi connectivity index (χ0v) is 25.6. The summed E-state index contributed by atoms with van der Waals surface area (Å²) in [5.74, 6) is 0.387. The predicted molar refractivity (Wildman–Crippen MR) is 173 cm³/mol. The van der Waals surface area contributed by atoms with Crippen LogP contribution in [-0.4, -0.2) is 58.3 Å². The third-order valence-corrected chi connectivity index (χ3v) is 8.72. The molecular formula is C36H44N4O3. The number of benzene rings is 3. The van der Waals surface area contributed by atoms with Crippen molar-refractivity contribution in [1.82, 2.24) is 19.8 Å². The maximum absolute atomic E-state index is 11.5. The number of rotatable bonds is 14. The maximum atomic E-state index is 11.5. The molecular weight excluding hydrogens is 536 g/mol. The quantitative estimate of drug-likeness (QED) is 0.106. The van der Waals surface area contributed by atoms with E-state index in [0.29, 0.717) is 12.6 Å². The number of hydroxylamine groups is 1. The first-order valence-corrected chi connectivity index (χ1v) is 15.4. The number of carbonyl (C=O) groups is 1. The van der Waals surface area contributed by atoms with E-state index in [4.69, 9.17) is 9.94 Å². The molecule has 0 radical (unpaired) electrons. The lowest BCUT2D eigenvalue weighted by Gasteiger charge is -2.30. The summed E-state index contributed by atoms with van der Waals surface area (Å²) in [6.07, 6.45) is 8.39. The highest BCUT2D eigenvalue weighted by molar-refractivity contribution is 5.90. The van der Waals surface area contributed by atoms with Crippen LogP contribution in [0.2, 0.25) is 0 Å².